The minimum Gasteiger partial charge on any atom is -0.508 e. The fraction of sp³-hybridized carbons (Fsp3) is 0.333. The molecule has 0 aromatic heterocycles. The van der Waals surface area contributed by atoms with Crippen molar-refractivity contribution < 1.29 is 23.0 Å². The van der Waals surface area contributed by atoms with Gasteiger partial charge < -0.3 is 15.9 Å². The molecule has 0 fully saturated rings. The summed E-state index contributed by atoms with van der Waals surface area (Å²) in [6.45, 7) is -0.481. The molecule has 0 heterocycles. The highest BCUT2D eigenvalue weighted by Gasteiger charge is 2.19. The Morgan fingerprint density at radius 2 is 2.06 bits per heavy atom. The van der Waals surface area contributed by atoms with E-state index in [4.69, 9.17) is 10.8 Å². The standard InChI is InChI=1S/C9H12FNO4S/c1-16(14,15)9-3-8(13)5(2-6(9)10)7(11)4-12/h2-3,7,12-13H,4,11H2,1H3. The number of benzene rings is 1. The van der Waals surface area contributed by atoms with Crippen molar-refractivity contribution in [3.8, 4) is 5.75 Å². The van der Waals surface area contributed by atoms with E-state index in [1.165, 1.54) is 0 Å². The highest BCUT2D eigenvalue weighted by molar-refractivity contribution is 7.90. The van der Waals surface area contributed by atoms with Crippen molar-refractivity contribution in [2.45, 2.75) is 10.9 Å². The fourth-order valence-corrected chi connectivity index (χ4v) is 1.98. The third-order valence-electron chi connectivity index (χ3n) is 2.08. The van der Waals surface area contributed by atoms with Gasteiger partial charge in [0.25, 0.3) is 0 Å². The van der Waals surface area contributed by atoms with Crippen LogP contribution in [0.2, 0.25) is 0 Å². The van der Waals surface area contributed by atoms with Gasteiger partial charge in [0, 0.05) is 17.9 Å². The number of nitrogens with two attached hydrogens (primary N) is 1. The van der Waals surface area contributed by atoms with Crippen LogP contribution >= 0.6 is 0 Å². The maximum Gasteiger partial charge on any atom is 0.178 e. The molecule has 0 saturated heterocycles. The summed E-state index contributed by atoms with van der Waals surface area (Å²) >= 11 is 0. The Bertz CT molecular complexity index is 500. The molecular weight excluding hydrogens is 237 g/mol. The molecule has 0 aliphatic heterocycles. The largest absolute Gasteiger partial charge is 0.508 e. The molecule has 0 aliphatic rings. The van der Waals surface area contributed by atoms with Crippen LogP contribution in [0, 0.1) is 5.82 Å². The number of sulfone groups is 1. The zero-order valence-electron chi connectivity index (χ0n) is 8.51. The second-order valence-electron chi connectivity index (χ2n) is 3.40. The fourth-order valence-electron chi connectivity index (χ4n) is 1.24. The molecule has 1 unspecified atom stereocenters. The predicted molar refractivity (Wildman–Crippen MR) is 55.2 cm³/mol. The zero-order valence-corrected chi connectivity index (χ0v) is 9.33. The van der Waals surface area contributed by atoms with Gasteiger partial charge in [-0.2, -0.15) is 0 Å². The van der Waals surface area contributed by atoms with Gasteiger partial charge in [-0.1, -0.05) is 0 Å². The highest BCUT2D eigenvalue weighted by atomic mass is 32.2. The Kier molecular flexibility index (Phi) is 3.51. The molecule has 7 heteroatoms. The summed E-state index contributed by atoms with van der Waals surface area (Å²) in [4.78, 5) is -0.598. The van der Waals surface area contributed by atoms with Crippen LogP contribution in [0.25, 0.3) is 0 Å². The summed E-state index contributed by atoms with van der Waals surface area (Å²) in [6.07, 6.45) is 0.830. The van der Waals surface area contributed by atoms with Crippen molar-refractivity contribution in [2.24, 2.45) is 5.73 Å². The van der Waals surface area contributed by atoms with E-state index in [2.05, 4.69) is 0 Å². The lowest BCUT2D eigenvalue weighted by Gasteiger charge is -2.12. The van der Waals surface area contributed by atoms with Crippen LogP contribution in [0.5, 0.6) is 5.75 Å². The highest BCUT2D eigenvalue weighted by Crippen LogP contribution is 2.28. The minimum absolute atomic E-state index is 0.0348. The molecule has 4 N–H and O–H groups in total. The quantitative estimate of drug-likeness (QED) is 0.696. The van der Waals surface area contributed by atoms with Gasteiger partial charge >= 0.3 is 0 Å². The predicted octanol–water partition coefficient (Wildman–Crippen LogP) is -0.0731. The molecule has 16 heavy (non-hydrogen) atoms. The molecule has 0 spiro atoms. The number of aromatic hydroxyl groups is 1. The van der Waals surface area contributed by atoms with Crippen LogP contribution in [-0.2, 0) is 9.84 Å². The third-order valence-corrected chi connectivity index (χ3v) is 3.19. The van der Waals surface area contributed by atoms with Crippen molar-refractivity contribution in [1.29, 1.82) is 0 Å². The SMILES string of the molecule is CS(=O)(=O)c1cc(O)c(C(N)CO)cc1F. The van der Waals surface area contributed by atoms with E-state index in [0.29, 0.717) is 0 Å². The molecule has 0 radical (unpaired) electrons. The topological polar surface area (TPSA) is 101 Å². The zero-order chi connectivity index (χ0) is 12.5. The van der Waals surface area contributed by atoms with Gasteiger partial charge in [0.15, 0.2) is 9.84 Å². The first-order valence-corrected chi connectivity index (χ1v) is 6.25. The Morgan fingerprint density at radius 3 is 2.50 bits per heavy atom. The monoisotopic (exact) mass is 249 g/mol. The summed E-state index contributed by atoms with van der Waals surface area (Å²) in [5.41, 5.74) is 5.36. The summed E-state index contributed by atoms with van der Waals surface area (Å²) in [5.74, 6) is -1.46. The Hall–Kier alpha value is -1.18. The number of halogens is 1. The van der Waals surface area contributed by atoms with Crippen molar-refractivity contribution in [3.05, 3.63) is 23.5 Å². The molecule has 0 aliphatic carbocycles. The molecule has 0 bridgehead atoms. The van der Waals surface area contributed by atoms with Crippen molar-refractivity contribution in [1.82, 2.24) is 0 Å². The Labute approximate surface area is 92.2 Å². The van der Waals surface area contributed by atoms with E-state index in [-0.39, 0.29) is 5.56 Å². The van der Waals surface area contributed by atoms with Crippen LogP contribution in [-0.4, -0.2) is 31.5 Å². The summed E-state index contributed by atoms with van der Waals surface area (Å²) < 4.78 is 35.6. The average molecular weight is 249 g/mol. The second kappa shape index (κ2) is 4.36. The number of phenolic OH excluding ortho intramolecular Hbond substituents is 1. The molecule has 1 aromatic carbocycles. The van der Waals surface area contributed by atoms with Crippen LogP contribution in [0.3, 0.4) is 0 Å². The lowest BCUT2D eigenvalue weighted by Crippen LogP contribution is -2.15. The van der Waals surface area contributed by atoms with E-state index in [0.717, 1.165) is 18.4 Å². The number of hydrogen-bond donors (Lipinski definition) is 3. The molecule has 1 atom stereocenters. The Morgan fingerprint density at radius 1 is 1.50 bits per heavy atom. The summed E-state index contributed by atoms with van der Waals surface area (Å²) in [6, 6.07) is 0.644. The Balaban J connectivity index is 3.39. The molecule has 1 aromatic rings. The number of phenols is 1. The number of aliphatic hydroxyl groups is 1. The smallest absolute Gasteiger partial charge is 0.178 e. The van der Waals surface area contributed by atoms with Gasteiger partial charge in [0.2, 0.25) is 0 Å². The second-order valence-corrected chi connectivity index (χ2v) is 5.39. The van der Waals surface area contributed by atoms with Gasteiger partial charge in [-0.25, -0.2) is 12.8 Å². The maximum absolute atomic E-state index is 13.4. The lowest BCUT2D eigenvalue weighted by atomic mass is 10.1. The molecule has 90 valence electrons. The van der Waals surface area contributed by atoms with Crippen LogP contribution in [0.4, 0.5) is 4.39 Å². The average Bonchev–Trinajstić information content (AvgIpc) is 2.18. The summed E-state index contributed by atoms with van der Waals surface area (Å²) in [7, 11) is -3.74. The van der Waals surface area contributed by atoms with Gasteiger partial charge in [-0.05, 0) is 6.07 Å². The molecular formula is C9H12FNO4S. The van der Waals surface area contributed by atoms with Gasteiger partial charge in [-0.3, -0.25) is 0 Å². The number of rotatable bonds is 3. The van der Waals surface area contributed by atoms with Gasteiger partial charge in [0.05, 0.1) is 12.6 Å². The number of hydrogen-bond acceptors (Lipinski definition) is 5. The van der Waals surface area contributed by atoms with Crippen molar-refractivity contribution >= 4 is 9.84 Å². The van der Waals surface area contributed by atoms with E-state index >= 15 is 0 Å². The van der Waals surface area contributed by atoms with E-state index in [1.807, 2.05) is 0 Å². The molecule has 1 rings (SSSR count). The first-order chi connectivity index (χ1) is 7.27. The molecule has 5 nitrogen and oxygen atoms in total. The first kappa shape index (κ1) is 12.9. The van der Waals surface area contributed by atoms with Crippen molar-refractivity contribution in [2.75, 3.05) is 12.9 Å². The number of aliphatic hydroxyl groups excluding tert-OH is 1. The summed E-state index contributed by atoms with van der Waals surface area (Å²) in [5, 5.41) is 18.2. The van der Waals surface area contributed by atoms with Crippen LogP contribution < -0.4 is 5.73 Å². The van der Waals surface area contributed by atoms with Gasteiger partial charge in [-0.15, -0.1) is 0 Å². The molecule has 0 saturated carbocycles. The minimum atomic E-state index is -3.74. The third kappa shape index (κ3) is 2.49. The van der Waals surface area contributed by atoms with Gasteiger partial charge in [0.1, 0.15) is 16.5 Å². The van der Waals surface area contributed by atoms with Crippen LogP contribution in [0.1, 0.15) is 11.6 Å². The van der Waals surface area contributed by atoms with E-state index in [9.17, 15) is 17.9 Å². The van der Waals surface area contributed by atoms with Crippen molar-refractivity contribution in [3.63, 3.8) is 0 Å². The molecule has 0 amide bonds. The normalized spacial score (nSPS) is 13.8. The lowest BCUT2D eigenvalue weighted by molar-refractivity contribution is 0.265. The van der Waals surface area contributed by atoms with E-state index < -0.39 is 38.9 Å². The van der Waals surface area contributed by atoms with E-state index in [1.54, 1.807) is 0 Å². The van der Waals surface area contributed by atoms with Crippen LogP contribution in [0.15, 0.2) is 17.0 Å². The first-order valence-electron chi connectivity index (χ1n) is 4.36. The maximum atomic E-state index is 13.4.